The minimum Gasteiger partial charge on any atom is -0.328 e. The van der Waals surface area contributed by atoms with Gasteiger partial charge in [0.1, 0.15) is 10.7 Å². The zero-order chi connectivity index (χ0) is 19.1. The van der Waals surface area contributed by atoms with E-state index in [9.17, 15) is 0 Å². The summed E-state index contributed by atoms with van der Waals surface area (Å²) in [5.41, 5.74) is 7.77. The van der Waals surface area contributed by atoms with E-state index in [-0.39, 0.29) is 0 Å². The molecule has 3 heterocycles. The van der Waals surface area contributed by atoms with Crippen LogP contribution in [0.3, 0.4) is 0 Å². The van der Waals surface area contributed by atoms with E-state index in [0.717, 1.165) is 23.6 Å². The molecule has 1 fully saturated rings. The summed E-state index contributed by atoms with van der Waals surface area (Å²) >= 11 is 1.72. The molecule has 1 aliphatic heterocycles. The Morgan fingerprint density at radius 3 is 2.52 bits per heavy atom. The fraction of sp³-hybridized carbons (Fsp3) is 0.455. The smallest absolute Gasteiger partial charge is 0.143 e. The van der Waals surface area contributed by atoms with E-state index < -0.39 is 0 Å². The van der Waals surface area contributed by atoms with Crippen molar-refractivity contribution >= 4 is 21.6 Å². The van der Waals surface area contributed by atoms with Crippen molar-refractivity contribution in [2.45, 2.75) is 52.1 Å². The number of hydrogen-bond donors (Lipinski definition) is 1. The molecule has 0 radical (unpaired) electrons. The SMILES string of the molecule is CCC(C)N.c1ccc(-c2csc3nc(CN4CCCCC4)ncc23)cc1. The first-order valence-electron chi connectivity index (χ1n) is 9.94. The Kier molecular flexibility index (Phi) is 7.33. The van der Waals surface area contributed by atoms with Crippen LogP contribution in [0.4, 0.5) is 0 Å². The summed E-state index contributed by atoms with van der Waals surface area (Å²) in [4.78, 5) is 13.0. The molecule has 0 aliphatic carbocycles. The number of rotatable bonds is 4. The fourth-order valence-electron chi connectivity index (χ4n) is 3.09. The van der Waals surface area contributed by atoms with Gasteiger partial charge in [0.05, 0.1) is 6.54 Å². The third kappa shape index (κ3) is 5.58. The molecular weight excluding hydrogens is 352 g/mol. The quantitative estimate of drug-likeness (QED) is 0.683. The lowest BCUT2D eigenvalue weighted by Gasteiger charge is -2.25. The molecule has 144 valence electrons. The average Bonchev–Trinajstić information content (AvgIpc) is 3.13. The molecular formula is C22H30N4S. The van der Waals surface area contributed by atoms with Crippen LogP contribution in [0.2, 0.25) is 0 Å². The number of piperidine rings is 1. The van der Waals surface area contributed by atoms with E-state index in [1.807, 2.05) is 19.2 Å². The normalized spacial score (nSPS) is 16.0. The second kappa shape index (κ2) is 9.93. The monoisotopic (exact) mass is 382 g/mol. The summed E-state index contributed by atoms with van der Waals surface area (Å²) in [7, 11) is 0. The molecule has 27 heavy (non-hydrogen) atoms. The minimum atomic E-state index is 0.384. The van der Waals surface area contributed by atoms with E-state index in [1.54, 1.807) is 11.3 Å². The highest BCUT2D eigenvalue weighted by molar-refractivity contribution is 7.17. The van der Waals surface area contributed by atoms with Crippen LogP contribution >= 0.6 is 11.3 Å². The Bertz CT molecular complexity index is 823. The Morgan fingerprint density at radius 1 is 1.15 bits per heavy atom. The predicted octanol–water partition coefficient (Wildman–Crippen LogP) is 5.09. The highest BCUT2D eigenvalue weighted by Crippen LogP contribution is 2.32. The van der Waals surface area contributed by atoms with Crippen LogP contribution in [0, 0.1) is 0 Å². The van der Waals surface area contributed by atoms with Crippen molar-refractivity contribution in [2.75, 3.05) is 13.1 Å². The van der Waals surface area contributed by atoms with Gasteiger partial charge in [-0.3, -0.25) is 4.90 Å². The number of fused-ring (bicyclic) bond motifs is 1. The van der Waals surface area contributed by atoms with E-state index in [0.29, 0.717) is 6.04 Å². The molecule has 5 heteroatoms. The zero-order valence-corrected chi connectivity index (χ0v) is 17.2. The Balaban J connectivity index is 0.000000376. The van der Waals surface area contributed by atoms with Gasteiger partial charge in [-0.05, 0) is 44.8 Å². The van der Waals surface area contributed by atoms with E-state index >= 15 is 0 Å². The van der Waals surface area contributed by atoms with Crippen LogP contribution in [0.1, 0.15) is 45.4 Å². The maximum atomic E-state index is 5.29. The van der Waals surface area contributed by atoms with Crippen molar-refractivity contribution in [3.05, 3.63) is 47.7 Å². The van der Waals surface area contributed by atoms with Crippen molar-refractivity contribution in [1.29, 1.82) is 0 Å². The van der Waals surface area contributed by atoms with Crippen LogP contribution in [0.25, 0.3) is 21.3 Å². The van der Waals surface area contributed by atoms with Crippen LogP contribution < -0.4 is 5.73 Å². The molecule has 1 aromatic carbocycles. The molecule has 4 nitrogen and oxygen atoms in total. The average molecular weight is 383 g/mol. The number of benzene rings is 1. The van der Waals surface area contributed by atoms with Crippen molar-refractivity contribution in [2.24, 2.45) is 5.73 Å². The topological polar surface area (TPSA) is 55.0 Å². The summed E-state index contributed by atoms with van der Waals surface area (Å²) in [6, 6.07) is 10.9. The number of thiophene rings is 1. The van der Waals surface area contributed by atoms with Crippen molar-refractivity contribution in [3.8, 4) is 11.1 Å². The van der Waals surface area contributed by atoms with Crippen molar-refractivity contribution < 1.29 is 0 Å². The second-order valence-corrected chi connectivity index (χ2v) is 8.10. The lowest BCUT2D eigenvalue weighted by molar-refractivity contribution is 0.216. The van der Waals surface area contributed by atoms with Crippen LogP contribution in [-0.4, -0.2) is 34.0 Å². The molecule has 3 aromatic rings. The maximum Gasteiger partial charge on any atom is 0.143 e. The molecule has 1 atom stereocenters. The molecule has 1 saturated heterocycles. The first-order chi connectivity index (χ1) is 13.2. The molecule has 0 saturated carbocycles. The van der Waals surface area contributed by atoms with Gasteiger partial charge in [0.2, 0.25) is 0 Å². The van der Waals surface area contributed by atoms with Gasteiger partial charge >= 0.3 is 0 Å². The molecule has 0 bridgehead atoms. The highest BCUT2D eigenvalue weighted by atomic mass is 32.1. The number of nitrogens with two attached hydrogens (primary N) is 1. The summed E-state index contributed by atoms with van der Waals surface area (Å²) in [6.45, 7) is 7.32. The lowest BCUT2D eigenvalue weighted by Crippen LogP contribution is -2.29. The highest BCUT2D eigenvalue weighted by Gasteiger charge is 2.13. The summed E-state index contributed by atoms with van der Waals surface area (Å²) in [6.07, 6.45) is 7.06. The van der Waals surface area contributed by atoms with Crippen LogP contribution in [0.5, 0.6) is 0 Å². The second-order valence-electron chi connectivity index (χ2n) is 7.24. The third-order valence-corrected chi connectivity index (χ3v) is 5.81. The van der Waals surface area contributed by atoms with Crippen LogP contribution in [0.15, 0.2) is 41.9 Å². The van der Waals surface area contributed by atoms with Gasteiger partial charge in [-0.15, -0.1) is 11.3 Å². The van der Waals surface area contributed by atoms with Crippen molar-refractivity contribution in [3.63, 3.8) is 0 Å². The third-order valence-electron chi connectivity index (χ3n) is 4.92. The van der Waals surface area contributed by atoms with Gasteiger partial charge in [0.15, 0.2) is 0 Å². The fourth-order valence-corrected chi connectivity index (χ4v) is 4.03. The molecule has 0 spiro atoms. The zero-order valence-electron chi connectivity index (χ0n) is 16.4. The van der Waals surface area contributed by atoms with Gasteiger partial charge < -0.3 is 5.73 Å². The van der Waals surface area contributed by atoms with E-state index in [2.05, 4.69) is 46.5 Å². The minimum absolute atomic E-state index is 0.384. The lowest BCUT2D eigenvalue weighted by atomic mass is 10.1. The van der Waals surface area contributed by atoms with Gasteiger partial charge in [0.25, 0.3) is 0 Å². The first kappa shape index (κ1) is 19.9. The Morgan fingerprint density at radius 2 is 1.85 bits per heavy atom. The standard InChI is InChI=1S/C18H19N3S.C4H11N/c1-3-7-14(8-4-1)16-13-22-18-15(16)11-19-17(20-18)12-21-9-5-2-6-10-21;1-3-4(2)5/h1,3-4,7-8,11,13H,2,5-6,9-10,12H2;4H,3,5H2,1-2H3. The molecule has 2 aromatic heterocycles. The Hall–Kier alpha value is -1.82. The number of likely N-dealkylation sites (tertiary alicyclic amines) is 1. The molecule has 0 amide bonds. The van der Waals surface area contributed by atoms with E-state index in [4.69, 9.17) is 10.7 Å². The number of nitrogens with zero attached hydrogens (tertiary/aromatic N) is 3. The van der Waals surface area contributed by atoms with Gasteiger partial charge in [-0.1, -0.05) is 43.7 Å². The largest absolute Gasteiger partial charge is 0.328 e. The van der Waals surface area contributed by atoms with E-state index in [1.165, 1.54) is 48.9 Å². The van der Waals surface area contributed by atoms with Gasteiger partial charge in [0, 0.05) is 28.6 Å². The van der Waals surface area contributed by atoms with Crippen LogP contribution in [-0.2, 0) is 6.54 Å². The maximum absolute atomic E-state index is 5.29. The van der Waals surface area contributed by atoms with Crippen molar-refractivity contribution in [1.82, 2.24) is 14.9 Å². The number of hydrogen-bond acceptors (Lipinski definition) is 5. The summed E-state index contributed by atoms with van der Waals surface area (Å²) in [5, 5.41) is 3.36. The van der Waals surface area contributed by atoms with Gasteiger partial charge in [-0.2, -0.15) is 0 Å². The molecule has 1 unspecified atom stereocenters. The number of aromatic nitrogens is 2. The predicted molar refractivity (Wildman–Crippen MR) is 116 cm³/mol. The molecule has 1 aliphatic rings. The summed E-state index contributed by atoms with van der Waals surface area (Å²) in [5.74, 6) is 0.955. The summed E-state index contributed by atoms with van der Waals surface area (Å²) < 4.78 is 0. The Labute approximate surface area is 166 Å². The molecule has 2 N–H and O–H groups in total. The van der Waals surface area contributed by atoms with Gasteiger partial charge in [-0.25, -0.2) is 9.97 Å². The molecule has 4 rings (SSSR count). The first-order valence-corrected chi connectivity index (χ1v) is 10.8.